The highest BCUT2D eigenvalue weighted by Gasteiger charge is 2.12. The topological polar surface area (TPSA) is 71.5 Å². The first kappa shape index (κ1) is 20.1. The summed E-state index contributed by atoms with van der Waals surface area (Å²) in [7, 11) is 1.32. The molecule has 0 atom stereocenters. The molecule has 0 aliphatic carbocycles. The molecule has 0 unspecified atom stereocenters. The fourth-order valence-corrected chi connectivity index (χ4v) is 3.00. The van der Waals surface area contributed by atoms with E-state index in [4.69, 9.17) is 4.74 Å². The normalized spacial score (nSPS) is 10.3. The molecule has 0 spiro atoms. The van der Waals surface area contributed by atoms with Gasteiger partial charge in [0.15, 0.2) is 0 Å². The van der Waals surface area contributed by atoms with Crippen LogP contribution in [0.1, 0.15) is 33.2 Å². The van der Waals surface area contributed by atoms with Gasteiger partial charge in [0.25, 0.3) is 5.91 Å². The van der Waals surface area contributed by atoms with Gasteiger partial charge in [0.2, 0.25) is 0 Å². The highest BCUT2D eigenvalue weighted by Crippen LogP contribution is 2.24. The molecule has 0 saturated carbocycles. The maximum atomic E-state index is 12.5. The average Bonchev–Trinajstić information content (AvgIpc) is 2.74. The van der Waals surface area contributed by atoms with Gasteiger partial charge in [0.1, 0.15) is 5.82 Å². The van der Waals surface area contributed by atoms with Gasteiger partial charge in [-0.2, -0.15) is 0 Å². The summed E-state index contributed by atoms with van der Waals surface area (Å²) in [6, 6.07) is 18.3. The Bertz CT molecular complexity index is 1020. The Morgan fingerprint density at radius 2 is 1.83 bits per heavy atom. The molecule has 0 radical (unpaired) electrons. The Kier molecular flexibility index (Phi) is 6.24. The lowest BCUT2D eigenvalue weighted by Crippen LogP contribution is -2.18. The quantitative estimate of drug-likeness (QED) is 0.625. The number of methoxy groups -OCH3 is 1. The maximum absolute atomic E-state index is 12.5. The first-order valence-corrected chi connectivity index (χ1v) is 9.32. The van der Waals surface area contributed by atoms with Crippen molar-refractivity contribution in [3.05, 3.63) is 83.6 Å². The number of carbonyl (C=O) groups is 2. The first-order chi connectivity index (χ1) is 14.0. The van der Waals surface area contributed by atoms with Gasteiger partial charge in [-0.15, -0.1) is 0 Å². The van der Waals surface area contributed by atoms with Crippen LogP contribution in [0.25, 0.3) is 0 Å². The Morgan fingerprint density at radius 3 is 2.48 bits per heavy atom. The van der Waals surface area contributed by atoms with E-state index in [0.717, 1.165) is 18.1 Å². The van der Waals surface area contributed by atoms with Crippen LogP contribution in [-0.4, -0.2) is 30.5 Å². The van der Waals surface area contributed by atoms with E-state index in [1.807, 2.05) is 31.2 Å². The molecule has 6 nitrogen and oxygen atoms in total. The Morgan fingerprint density at radius 1 is 1.03 bits per heavy atom. The van der Waals surface area contributed by atoms with Gasteiger partial charge in [0.05, 0.1) is 18.2 Å². The molecule has 0 aliphatic rings. The molecule has 1 amide bonds. The number of pyridine rings is 1. The Balaban J connectivity index is 1.76. The summed E-state index contributed by atoms with van der Waals surface area (Å²) >= 11 is 0. The van der Waals surface area contributed by atoms with Gasteiger partial charge in [-0.05, 0) is 61.9 Å². The number of anilines is 3. The van der Waals surface area contributed by atoms with Crippen LogP contribution in [0.2, 0.25) is 0 Å². The summed E-state index contributed by atoms with van der Waals surface area (Å²) in [5, 5.41) is 2.78. The molecule has 1 heterocycles. The van der Waals surface area contributed by atoms with Crippen molar-refractivity contribution >= 4 is 29.1 Å². The van der Waals surface area contributed by atoms with Gasteiger partial charge in [-0.25, -0.2) is 9.78 Å². The van der Waals surface area contributed by atoms with E-state index in [9.17, 15) is 9.59 Å². The summed E-state index contributed by atoms with van der Waals surface area (Å²) in [5.74, 6) is 0.00920. The van der Waals surface area contributed by atoms with Crippen molar-refractivity contribution in [2.75, 3.05) is 23.9 Å². The molecule has 29 heavy (non-hydrogen) atoms. The van der Waals surface area contributed by atoms with Crippen LogP contribution in [-0.2, 0) is 4.74 Å². The molecule has 0 aliphatic heterocycles. The number of hydrogen-bond acceptors (Lipinski definition) is 5. The van der Waals surface area contributed by atoms with E-state index in [1.54, 1.807) is 36.5 Å². The van der Waals surface area contributed by atoms with Crippen LogP contribution >= 0.6 is 0 Å². The fraction of sp³-hybridized carbons (Fsp3) is 0.174. The van der Waals surface area contributed by atoms with Crippen molar-refractivity contribution in [3.8, 4) is 0 Å². The monoisotopic (exact) mass is 389 g/mol. The van der Waals surface area contributed by atoms with E-state index in [1.165, 1.54) is 12.7 Å². The molecule has 6 heteroatoms. The molecule has 1 aromatic heterocycles. The number of aromatic nitrogens is 1. The lowest BCUT2D eigenvalue weighted by molar-refractivity contribution is 0.0600. The lowest BCUT2D eigenvalue weighted by atomic mass is 10.2. The van der Waals surface area contributed by atoms with Gasteiger partial charge in [-0.1, -0.05) is 18.2 Å². The highest BCUT2D eigenvalue weighted by molar-refractivity contribution is 6.04. The minimum Gasteiger partial charge on any atom is -0.465 e. The third kappa shape index (κ3) is 4.79. The van der Waals surface area contributed by atoms with E-state index in [-0.39, 0.29) is 5.91 Å². The fourth-order valence-electron chi connectivity index (χ4n) is 3.00. The second-order valence-electron chi connectivity index (χ2n) is 6.51. The predicted molar refractivity (Wildman–Crippen MR) is 114 cm³/mol. The number of nitrogens with zero attached hydrogens (tertiary/aromatic N) is 2. The largest absolute Gasteiger partial charge is 0.465 e. The van der Waals surface area contributed by atoms with Crippen molar-refractivity contribution < 1.29 is 14.3 Å². The lowest BCUT2D eigenvalue weighted by Gasteiger charge is -2.22. The minimum atomic E-state index is -0.456. The van der Waals surface area contributed by atoms with Crippen molar-refractivity contribution in [1.82, 2.24) is 4.98 Å². The number of benzene rings is 2. The molecular formula is C23H23N3O3. The number of amides is 1. The summed E-state index contributed by atoms with van der Waals surface area (Å²) in [4.78, 5) is 30.7. The van der Waals surface area contributed by atoms with E-state index >= 15 is 0 Å². The molecule has 0 fully saturated rings. The molecule has 0 saturated heterocycles. The van der Waals surface area contributed by atoms with E-state index in [2.05, 4.69) is 28.2 Å². The average molecular weight is 389 g/mol. The van der Waals surface area contributed by atoms with Gasteiger partial charge < -0.3 is 15.0 Å². The highest BCUT2D eigenvalue weighted by atomic mass is 16.5. The zero-order valence-electron chi connectivity index (χ0n) is 16.7. The molecule has 3 rings (SSSR count). The van der Waals surface area contributed by atoms with Crippen LogP contribution in [0.15, 0.2) is 66.9 Å². The molecule has 2 aromatic carbocycles. The minimum absolute atomic E-state index is 0.301. The number of hydrogen-bond donors (Lipinski definition) is 1. The first-order valence-electron chi connectivity index (χ1n) is 9.32. The van der Waals surface area contributed by atoms with Crippen LogP contribution in [0.5, 0.6) is 0 Å². The number of rotatable bonds is 6. The van der Waals surface area contributed by atoms with Crippen LogP contribution < -0.4 is 10.2 Å². The second kappa shape index (κ2) is 9.01. The molecular weight excluding hydrogens is 366 g/mol. The van der Waals surface area contributed by atoms with Crippen LogP contribution in [0.4, 0.5) is 17.2 Å². The Hall–Kier alpha value is -3.67. The van der Waals surface area contributed by atoms with E-state index < -0.39 is 5.97 Å². The van der Waals surface area contributed by atoms with Gasteiger partial charge >= 0.3 is 5.97 Å². The van der Waals surface area contributed by atoms with Crippen molar-refractivity contribution in [1.29, 1.82) is 0 Å². The summed E-state index contributed by atoms with van der Waals surface area (Å²) in [5.41, 5.74) is 3.54. The third-order valence-corrected chi connectivity index (χ3v) is 4.46. The number of aryl methyl sites for hydroxylation is 1. The number of ether oxygens (including phenoxy) is 1. The van der Waals surface area contributed by atoms with Crippen molar-refractivity contribution in [2.45, 2.75) is 13.8 Å². The maximum Gasteiger partial charge on any atom is 0.337 e. The SMILES string of the molecule is CCN(c1cccc(C)c1)c1ccc(C(=O)Nc2cccc(C(=O)OC)c2)cn1. The number of esters is 1. The van der Waals surface area contributed by atoms with Crippen molar-refractivity contribution in [3.63, 3.8) is 0 Å². The predicted octanol–water partition coefficient (Wildman–Crippen LogP) is 4.59. The Labute approximate surface area is 170 Å². The summed E-state index contributed by atoms with van der Waals surface area (Å²) < 4.78 is 4.70. The van der Waals surface area contributed by atoms with Gasteiger partial charge in [-0.3, -0.25) is 4.79 Å². The number of carbonyl (C=O) groups excluding carboxylic acids is 2. The van der Waals surface area contributed by atoms with Crippen LogP contribution in [0, 0.1) is 6.92 Å². The number of nitrogens with one attached hydrogen (secondary N) is 1. The summed E-state index contributed by atoms with van der Waals surface area (Å²) in [6.45, 7) is 4.86. The third-order valence-electron chi connectivity index (χ3n) is 4.46. The van der Waals surface area contributed by atoms with Gasteiger partial charge in [0, 0.05) is 24.1 Å². The zero-order valence-corrected chi connectivity index (χ0v) is 16.7. The van der Waals surface area contributed by atoms with E-state index in [0.29, 0.717) is 16.8 Å². The standard InChI is InChI=1S/C23H23N3O3/c1-4-26(20-10-5-7-16(2)13-20)21-12-11-18(15-24-21)22(27)25-19-9-6-8-17(14-19)23(28)29-3/h5-15H,4H2,1-3H3,(H,25,27). The van der Waals surface area contributed by atoms with Crippen molar-refractivity contribution in [2.24, 2.45) is 0 Å². The van der Waals surface area contributed by atoms with Crippen LogP contribution in [0.3, 0.4) is 0 Å². The summed E-state index contributed by atoms with van der Waals surface area (Å²) in [6.07, 6.45) is 1.55. The second-order valence-corrected chi connectivity index (χ2v) is 6.51. The molecule has 0 bridgehead atoms. The molecule has 1 N–H and O–H groups in total. The zero-order chi connectivity index (χ0) is 20.8. The molecule has 3 aromatic rings. The molecule has 148 valence electrons. The smallest absolute Gasteiger partial charge is 0.337 e.